The quantitative estimate of drug-likeness (QED) is 0.743. The van der Waals surface area contributed by atoms with E-state index in [0.29, 0.717) is 5.56 Å². The van der Waals surface area contributed by atoms with Crippen LogP contribution in [0, 0.1) is 0 Å². The van der Waals surface area contributed by atoms with Gasteiger partial charge in [-0.25, -0.2) is 9.67 Å². The Bertz CT molecular complexity index is 772. The molecule has 0 fully saturated rings. The van der Waals surface area contributed by atoms with Crippen molar-refractivity contribution in [1.82, 2.24) is 19.7 Å². The standard InChI is InChI=1S/C14H11N5OS/c15-12(21)11-7-4-8-16-13(11)20-14-17-9-19(18-14)10-5-2-1-3-6-10/h1-9H,(H2,15,21). The van der Waals surface area contributed by atoms with Crippen LogP contribution in [0.4, 0.5) is 0 Å². The van der Waals surface area contributed by atoms with Gasteiger partial charge in [-0.1, -0.05) is 30.4 Å². The number of nitrogens with zero attached hydrogens (tertiary/aromatic N) is 4. The molecule has 0 aliphatic rings. The van der Waals surface area contributed by atoms with Crippen LogP contribution in [0.3, 0.4) is 0 Å². The van der Waals surface area contributed by atoms with Gasteiger partial charge in [0.25, 0.3) is 0 Å². The second-order valence-corrected chi connectivity index (χ2v) is 4.57. The maximum absolute atomic E-state index is 5.63. The van der Waals surface area contributed by atoms with Gasteiger partial charge in [-0.05, 0) is 24.3 Å². The Morgan fingerprint density at radius 1 is 1.10 bits per heavy atom. The highest BCUT2D eigenvalue weighted by Gasteiger charge is 2.11. The smallest absolute Gasteiger partial charge is 0.342 e. The molecule has 0 radical (unpaired) electrons. The Kier molecular flexibility index (Phi) is 3.57. The minimum atomic E-state index is 0.176. The van der Waals surface area contributed by atoms with E-state index < -0.39 is 0 Å². The molecule has 0 aliphatic carbocycles. The molecule has 2 N–H and O–H groups in total. The third-order valence-corrected chi connectivity index (χ3v) is 2.94. The molecule has 2 heterocycles. The number of thiocarbonyl (C=S) groups is 1. The van der Waals surface area contributed by atoms with Gasteiger partial charge in [0.2, 0.25) is 5.88 Å². The molecule has 0 saturated heterocycles. The summed E-state index contributed by atoms with van der Waals surface area (Å²) in [6.45, 7) is 0. The normalized spacial score (nSPS) is 10.3. The fourth-order valence-corrected chi connectivity index (χ4v) is 1.90. The van der Waals surface area contributed by atoms with E-state index >= 15 is 0 Å². The minimum Gasteiger partial charge on any atom is -0.403 e. The molecular weight excluding hydrogens is 286 g/mol. The first-order valence-electron chi connectivity index (χ1n) is 6.14. The number of ether oxygens (including phenoxy) is 1. The summed E-state index contributed by atoms with van der Waals surface area (Å²) in [5, 5.41) is 4.24. The van der Waals surface area contributed by atoms with Crippen molar-refractivity contribution in [2.24, 2.45) is 5.73 Å². The van der Waals surface area contributed by atoms with E-state index in [1.165, 1.54) is 0 Å². The topological polar surface area (TPSA) is 78.9 Å². The summed E-state index contributed by atoms with van der Waals surface area (Å²) >= 11 is 4.96. The zero-order chi connectivity index (χ0) is 14.7. The summed E-state index contributed by atoms with van der Waals surface area (Å²) in [5.74, 6) is 0.288. The van der Waals surface area contributed by atoms with Gasteiger partial charge in [0, 0.05) is 6.20 Å². The molecule has 2 aromatic heterocycles. The third-order valence-electron chi connectivity index (χ3n) is 2.72. The Morgan fingerprint density at radius 3 is 2.67 bits per heavy atom. The largest absolute Gasteiger partial charge is 0.403 e. The molecule has 0 spiro atoms. The van der Waals surface area contributed by atoms with Crippen LogP contribution >= 0.6 is 12.2 Å². The van der Waals surface area contributed by atoms with Crippen molar-refractivity contribution in [1.29, 1.82) is 0 Å². The fraction of sp³-hybridized carbons (Fsp3) is 0. The number of benzene rings is 1. The van der Waals surface area contributed by atoms with Crippen molar-refractivity contribution in [2.75, 3.05) is 0 Å². The van der Waals surface area contributed by atoms with E-state index in [1.807, 2.05) is 30.3 Å². The fourth-order valence-electron chi connectivity index (χ4n) is 1.75. The summed E-state index contributed by atoms with van der Waals surface area (Å²) < 4.78 is 7.16. The molecule has 0 saturated carbocycles. The molecule has 0 amide bonds. The highest BCUT2D eigenvalue weighted by Crippen LogP contribution is 2.20. The van der Waals surface area contributed by atoms with Gasteiger partial charge in [0.1, 0.15) is 11.3 Å². The van der Waals surface area contributed by atoms with Crippen molar-refractivity contribution in [3.8, 4) is 17.6 Å². The Balaban J connectivity index is 1.87. The second kappa shape index (κ2) is 5.68. The van der Waals surface area contributed by atoms with Crippen LogP contribution in [0.15, 0.2) is 55.0 Å². The average molecular weight is 297 g/mol. The van der Waals surface area contributed by atoms with Crippen LogP contribution in [0.25, 0.3) is 5.69 Å². The highest BCUT2D eigenvalue weighted by atomic mass is 32.1. The van der Waals surface area contributed by atoms with Gasteiger partial charge in [-0.2, -0.15) is 4.98 Å². The Hall–Kier alpha value is -2.80. The molecule has 0 bridgehead atoms. The molecule has 104 valence electrons. The van der Waals surface area contributed by atoms with Crippen LogP contribution in [-0.4, -0.2) is 24.7 Å². The summed E-state index contributed by atoms with van der Waals surface area (Å²) in [7, 11) is 0. The molecule has 0 atom stereocenters. The van der Waals surface area contributed by atoms with Gasteiger partial charge in [-0.15, -0.1) is 5.10 Å². The SMILES string of the molecule is NC(=S)c1cccnc1Oc1ncn(-c2ccccc2)n1. The summed E-state index contributed by atoms with van der Waals surface area (Å²) in [6, 6.07) is 13.2. The number of hydrogen-bond donors (Lipinski definition) is 1. The molecular formula is C14H11N5OS. The number of pyridine rings is 1. The maximum Gasteiger partial charge on any atom is 0.342 e. The van der Waals surface area contributed by atoms with E-state index in [4.69, 9.17) is 22.7 Å². The number of rotatable bonds is 4. The summed E-state index contributed by atoms with van der Waals surface area (Å²) in [4.78, 5) is 8.40. The van der Waals surface area contributed by atoms with Gasteiger partial charge in [0.15, 0.2) is 0 Å². The first kappa shape index (κ1) is 13.2. The zero-order valence-corrected chi connectivity index (χ0v) is 11.7. The van der Waals surface area contributed by atoms with E-state index in [-0.39, 0.29) is 16.9 Å². The summed E-state index contributed by atoms with van der Waals surface area (Å²) in [6.07, 6.45) is 3.15. The van der Waals surface area contributed by atoms with Crippen molar-refractivity contribution in [3.63, 3.8) is 0 Å². The van der Waals surface area contributed by atoms with E-state index in [2.05, 4.69) is 15.1 Å². The molecule has 6 nitrogen and oxygen atoms in total. The van der Waals surface area contributed by atoms with Crippen LogP contribution in [0.2, 0.25) is 0 Å². The van der Waals surface area contributed by atoms with Crippen LogP contribution in [0.1, 0.15) is 5.56 Å². The van der Waals surface area contributed by atoms with Crippen molar-refractivity contribution in [2.45, 2.75) is 0 Å². The molecule has 21 heavy (non-hydrogen) atoms. The molecule has 3 rings (SSSR count). The van der Waals surface area contributed by atoms with E-state index in [0.717, 1.165) is 5.69 Å². The minimum absolute atomic E-state index is 0.176. The van der Waals surface area contributed by atoms with Crippen molar-refractivity contribution >= 4 is 17.2 Å². The predicted molar refractivity (Wildman–Crippen MR) is 81.6 cm³/mol. The monoisotopic (exact) mass is 297 g/mol. The average Bonchev–Trinajstić information content (AvgIpc) is 2.97. The first-order chi connectivity index (χ1) is 10.2. The highest BCUT2D eigenvalue weighted by molar-refractivity contribution is 7.80. The number of para-hydroxylation sites is 1. The van der Waals surface area contributed by atoms with Gasteiger partial charge < -0.3 is 10.5 Å². The van der Waals surface area contributed by atoms with Crippen LogP contribution < -0.4 is 10.5 Å². The molecule has 0 aliphatic heterocycles. The molecule has 7 heteroatoms. The lowest BCUT2D eigenvalue weighted by atomic mass is 10.3. The van der Waals surface area contributed by atoms with Gasteiger partial charge in [0.05, 0.1) is 11.3 Å². The molecule has 3 aromatic rings. The zero-order valence-electron chi connectivity index (χ0n) is 10.9. The Morgan fingerprint density at radius 2 is 1.90 bits per heavy atom. The van der Waals surface area contributed by atoms with Crippen molar-refractivity contribution < 1.29 is 4.74 Å². The van der Waals surface area contributed by atoms with Gasteiger partial charge in [-0.3, -0.25) is 0 Å². The first-order valence-corrected chi connectivity index (χ1v) is 6.54. The Labute approximate surface area is 126 Å². The number of hydrogen-bond acceptors (Lipinski definition) is 5. The number of nitrogens with two attached hydrogens (primary N) is 1. The lowest BCUT2D eigenvalue weighted by Crippen LogP contribution is -2.11. The maximum atomic E-state index is 5.63. The van der Waals surface area contributed by atoms with Crippen molar-refractivity contribution in [3.05, 3.63) is 60.6 Å². The molecule has 0 unspecified atom stereocenters. The second-order valence-electron chi connectivity index (χ2n) is 4.13. The van der Waals surface area contributed by atoms with Crippen LogP contribution in [0.5, 0.6) is 11.9 Å². The molecule has 1 aromatic carbocycles. The summed E-state index contributed by atoms with van der Waals surface area (Å²) in [5.41, 5.74) is 7.06. The van der Waals surface area contributed by atoms with E-state index in [9.17, 15) is 0 Å². The lowest BCUT2D eigenvalue weighted by molar-refractivity contribution is 0.424. The lowest BCUT2D eigenvalue weighted by Gasteiger charge is -2.05. The van der Waals surface area contributed by atoms with Crippen LogP contribution in [-0.2, 0) is 0 Å². The third kappa shape index (κ3) is 2.87. The van der Waals surface area contributed by atoms with Gasteiger partial charge >= 0.3 is 6.01 Å². The predicted octanol–water partition coefficient (Wildman–Crippen LogP) is 2.09. The number of aromatic nitrogens is 4. The van der Waals surface area contributed by atoms with E-state index in [1.54, 1.807) is 29.3 Å².